The van der Waals surface area contributed by atoms with Gasteiger partial charge in [0.05, 0.1) is 0 Å². The fourth-order valence-electron chi connectivity index (χ4n) is 2.24. The molecular weight excluding hydrogens is 364 g/mol. The van der Waals surface area contributed by atoms with Crippen LogP contribution in [0, 0.1) is 5.92 Å². The monoisotopic (exact) mass is 378 g/mol. The van der Waals surface area contributed by atoms with Gasteiger partial charge < -0.3 is 0 Å². The Morgan fingerprint density at radius 1 is 0.957 bits per heavy atom. The maximum atomic E-state index is 11.7. The Labute approximate surface area is 141 Å². The number of allylic oxidation sites excluding steroid dienone is 4. The molecule has 1 aromatic rings. The minimum atomic E-state index is -5.13. The van der Waals surface area contributed by atoms with Gasteiger partial charge in [-0.05, 0) is 11.6 Å². The maximum absolute atomic E-state index is 11.7. The molecule has 23 heavy (non-hydrogen) atoms. The molecule has 0 aliphatic heterocycles. The summed E-state index contributed by atoms with van der Waals surface area (Å²) in [6, 6.07) is 8.79. The van der Waals surface area contributed by atoms with Gasteiger partial charge in [-0.1, -0.05) is 60.7 Å². The molecule has 0 spiro atoms. The zero-order valence-corrected chi connectivity index (χ0v) is 14.1. The fraction of sp³-hybridized carbons (Fsp3) is 0.143. The highest BCUT2D eigenvalue weighted by Crippen LogP contribution is 2.38. The summed E-state index contributed by atoms with van der Waals surface area (Å²) in [5.41, 5.74) is 0.713. The van der Waals surface area contributed by atoms with Gasteiger partial charge >= 0.3 is 0 Å². The number of hydrogen-bond donors (Lipinski definition) is 2. The van der Waals surface area contributed by atoms with Crippen molar-refractivity contribution in [3.63, 3.8) is 0 Å². The Morgan fingerprint density at radius 3 is 2.04 bits per heavy atom. The van der Waals surface area contributed by atoms with Crippen molar-refractivity contribution in [1.29, 1.82) is 0 Å². The quantitative estimate of drug-likeness (QED) is 0.778. The first-order valence-electron chi connectivity index (χ1n) is 6.22. The minimum absolute atomic E-state index is 0. The zero-order chi connectivity index (χ0) is 16.4. The second-order valence-corrected chi connectivity index (χ2v) is 8.22. The first-order chi connectivity index (χ1) is 10.2. The van der Waals surface area contributed by atoms with Gasteiger partial charge in [0.15, 0.2) is 0 Å². The molecule has 0 fully saturated rings. The first-order valence-corrected chi connectivity index (χ1v) is 9.10. The summed E-state index contributed by atoms with van der Waals surface area (Å²) in [7, 11) is -10.3. The summed E-state index contributed by atoms with van der Waals surface area (Å²) in [5, 5.41) is 0. The Morgan fingerprint density at radius 2 is 1.52 bits per heavy atom. The average molecular weight is 379 g/mol. The first kappa shape index (κ1) is 19.6. The van der Waals surface area contributed by atoms with Gasteiger partial charge in [-0.2, -0.15) is 16.8 Å². The van der Waals surface area contributed by atoms with Crippen LogP contribution in [-0.2, 0) is 20.2 Å². The topological polar surface area (TPSA) is 109 Å². The smallest absolute Gasteiger partial charge is 0.284 e. The van der Waals surface area contributed by atoms with E-state index in [4.69, 9.17) is 0 Å². The van der Waals surface area contributed by atoms with Gasteiger partial charge in [0, 0.05) is 5.92 Å². The Kier molecular flexibility index (Phi) is 5.95. The molecule has 1 aromatic carbocycles. The maximum Gasteiger partial charge on any atom is 0.292 e. The molecule has 0 bridgehead atoms. The summed E-state index contributed by atoms with van der Waals surface area (Å²) < 4.78 is 62.7. The lowest BCUT2D eigenvalue weighted by molar-refractivity contribution is 0.425. The van der Waals surface area contributed by atoms with Crippen LogP contribution in [0.15, 0.2) is 60.7 Å². The van der Waals surface area contributed by atoms with Crippen molar-refractivity contribution >= 4 is 38.7 Å². The number of benzene rings is 1. The van der Waals surface area contributed by atoms with Gasteiger partial charge in [0.2, 0.25) is 4.08 Å². The van der Waals surface area contributed by atoms with E-state index in [2.05, 4.69) is 0 Å². The van der Waals surface area contributed by atoms with Crippen LogP contribution in [0.5, 0.6) is 0 Å². The lowest BCUT2D eigenvalue weighted by Crippen LogP contribution is -2.50. The predicted molar refractivity (Wildman–Crippen MR) is 90.3 cm³/mol. The molecule has 1 unspecified atom stereocenters. The molecule has 0 amide bonds. The van der Waals surface area contributed by atoms with E-state index in [9.17, 15) is 25.9 Å². The molecule has 0 heterocycles. The second-order valence-electron chi connectivity index (χ2n) is 4.71. The Balaban J connectivity index is 0.00000264. The van der Waals surface area contributed by atoms with Crippen molar-refractivity contribution in [3.05, 3.63) is 66.3 Å². The average Bonchev–Trinajstić information content (AvgIpc) is 2.44. The Hall–Kier alpha value is -1.45. The number of rotatable bonds is 4. The summed E-state index contributed by atoms with van der Waals surface area (Å²) >= 11 is 0. The fourth-order valence-corrected chi connectivity index (χ4v) is 4.81. The van der Waals surface area contributed by atoms with Crippen molar-refractivity contribution in [1.82, 2.24) is 0 Å². The lowest BCUT2D eigenvalue weighted by atomic mass is 9.98. The zero-order valence-electron chi connectivity index (χ0n) is 11.7. The van der Waals surface area contributed by atoms with Crippen molar-refractivity contribution in [2.75, 3.05) is 0 Å². The SMILES string of the molecule is Cl.O=S(=O)(O)C1(S(=O)(=O)O)C=CC=CC1C=Cc1ccccc1. The van der Waals surface area contributed by atoms with E-state index in [0.29, 0.717) is 5.56 Å². The molecule has 0 radical (unpaired) electrons. The van der Waals surface area contributed by atoms with Crippen LogP contribution in [0.25, 0.3) is 6.08 Å². The number of halogens is 1. The van der Waals surface area contributed by atoms with E-state index in [1.54, 1.807) is 30.3 Å². The molecule has 0 saturated carbocycles. The molecule has 9 heteroatoms. The summed E-state index contributed by atoms with van der Waals surface area (Å²) in [6.45, 7) is 0. The van der Waals surface area contributed by atoms with Crippen LogP contribution >= 0.6 is 12.4 Å². The Bertz CT molecular complexity index is 807. The molecular formula is C14H15ClO6S2. The van der Waals surface area contributed by atoms with Gasteiger partial charge in [0.25, 0.3) is 20.2 Å². The van der Waals surface area contributed by atoms with E-state index < -0.39 is 30.2 Å². The van der Waals surface area contributed by atoms with Gasteiger partial charge in [-0.25, -0.2) is 0 Å². The normalized spacial score (nSPS) is 20.3. The summed E-state index contributed by atoms with van der Waals surface area (Å²) in [4.78, 5) is 0. The molecule has 2 rings (SSSR count). The van der Waals surface area contributed by atoms with Crippen molar-refractivity contribution in [2.45, 2.75) is 4.08 Å². The molecule has 0 saturated heterocycles. The molecule has 1 aliphatic carbocycles. The van der Waals surface area contributed by atoms with Gasteiger partial charge in [-0.3, -0.25) is 9.11 Å². The van der Waals surface area contributed by atoms with Crippen LogP contribution < -0.4 is 0 Å². The highest BCUT2D eigenvalue weighted by atomic mass is 35.5. The largest absolute Gasteiger partial charge is 0.292 e. The third-order valence-electron chi connectivity index (χ3n) is 3.32. The molecule has 6 nitrogen and oxygen atoms in total. The van der Waals surface area contributed by atoms with Crippen molar-refractivity contribution in [3.8, 4) is 0 Å². The van der Waals surface area contributed by atoms with Crippen molar-refractivity contribution in [2.24, 2.45) is 5.92 Å². The molecule has 1 aliphatic rings. The second kappa shape index (κ2) is 6.98. The third kappa shape index (κ3) is 3.73. The van der Waals surface area contributed by atoms with E-state index in [-0.39, 0.29) is 12.4 Å². The van der Waals surface area contributed by atoms with Crippen LogP contribution in [0.4, 0.5) is 0 Å². The van der Waals surface area contributed by atoms with E-state index >= 15 is 0 Å². The molecule has 0 aromatic heterocycles. The van der Waals surface area contributed by atoms with Crippen LogP contribution in [0.1, 0.15) is 5.56 Å². The summed E-state index contributed by atoms with van der Waals surface area (Å²) in [5.74, 6) is -1.28. The predicted octanol–water partition coefficient (Wildman–Crippen LogP) is 2.34. The van der Waals surface area contributed by atoms with E-state index in [0.717, 1.165) is 12.2 Å². The van der Waals surface area contributed by atoms with Crippen LogP contribution in [-0.4, -0.2) is 30.0 Å². The molecule has 1 atom stereocenters. The van der Waals surface area contributed by atoms with Gasteiger partial charge in [0.1, 0.15) is 0 Å². The third-order valence-corrected chi connectivity index (χ3v) is 7.02. The molecule has 2 N–H and O–H groups in total. The number of hydrogen-bond acceptors (Lipinski definition) is 4. The lowest BCUT2D eigenvalue weighted by Gasteiger charge is -2.30. The standard InChI is InChI=1S/C14H14O6S2.ClH/c15-21(16,17)14(22(18,19)20)11-5-4-8-13(14)10-9-12-6-2-1-3-7-12;/h1-11,13H,(H,15,16,17)(H,18,19,20);1H. The van der Waals surface area contributed by atoms with Crippen LogP contribution in [0.2, 0.25) is 0 Å². The van der Waals surface area contributed by atoms with Gasteiger partial charge in [-0.15, -0.1) is 12.4 Å². The van der Waals surface area contributed by atoms with E-state index in [1.807, 2.05) is 0 Å². The summed E-state index contributed by atoms with van der Waals surface area (Å²) in [6.07, 6.45) is 7.44. The van der Waals surface area contributed by atoms with Crippen molar-refractivity contribution < 1.29 is 25.9 Å². The minimum Gasteiger partial charge on any atom is -0.284 e. The highest BCUT2D eigenvalue weighted by molar-refractivity contribution is 8.05. The highest BCUT2D eigenvalue weighted by Gasteiger charge is 2.57. The van der Waals surface area contributed by atoms with Crippen LogP contribution in [0.3, 0.4) is 0 Å². The van der Waals surface area contributed by atoms with E-state index in [1.165, 1.54) is 24.3 Å². The molecule has 126 valence electrons.